The summed E-state index contributed by atoms with van der Waals surface area (Å²) in [7, 11) is 0. The van der Waals surface area contributed by atoms with Crippen LogP contribution in [-0.4, -0.2) is 34.9 Å². The Morgan fingerprint density at radius 1 is 1.43 bits per heavy atom. The van der Waals surface area contributed by atoms with Crippen LogP contribution < -0.4 is 5.73 Å². The van der Waals surface area contributed by atoms with Gasteiger partial charge in [0.05, 0.1) is 6.42 Å². The van der Waals surface area contributed by atoms with E-state index in [4.69, 9.17) is 10.9 Å². The smallest absolute Gasteiger partial charge is 0.226 e. The fraction of sp³-hybridized carbons (Fsp3) is 0.500. The molecule has 5 nitrogen and oxygen atoms in total. The average molecular weight is 289 g/mol. The lowest BCUT2D eigenvalue weighted by molar-refractivity contribution is -0.129. The van der Waals surface area contributed by atoms with Gasteiger partial charge in [-0.1, -0.05) is 42.8 Å². The lowest BCUT2D eigenvalue weighted by Gasteiger charge is -2.16. The van der Waals surface area contributed by atoms with Gasteiger partial charge in [-0.25, -0.2) is 0 Å². The lowest BCUT2D eigenvalue weighted by atomic mass is 10.0. The van der Waals surface area contributed by atoms with Gasteiger partial charge in [-0.15, -0.1) is 0 Å². The number of rotatable bonds is 5. The predicted octanol–water partition coefficient (Wildman–Crippen LogP) is 1.97. The highest BCUT2D eigenvalue weighted by molar-refractivity contribution is 5.97. The summed E-state index contributed by atoms with van der Waals surface area (Å²) >= 11 is 0. The number of likely N-dealkylation sites (tertiary alicyclic amines) is 1. The second-order valence-corrected chi connectivity index (χ2v) is 5.64. The van der Waals surface area contributed by atoms with Crippen LogP contribution in [0.4, 0.5) is 0 Å². The van der Waals surface area contributed by atoms with Crippen LogP contribution in [-0.2, 0) is 11.2 Å². The summed E-state index contributed by atoms with van der Waals surface area (Å²) in [4.78, 5) is 14.2. The standard InChI is InChI=1S/C16H23N3O2/c1-2-3-13-8-9-19(11-13)15(20)10-12-4-6-14(7-5-12)16(17)18-21/h4-7,13,21H,2-3,8-11H2,1H3,(H2,17,18). The predicted molar refractivity (Wildman–Crippen MR) is 82.3 cm³/mol. The molecular weight excluding hydrogens is 266 g/mol. The Balaban J connectivity index is 1.91. The number of benzene rings is 1. The van der Waals surface area contributed by atoms with Crippen LogP contribution in [0.5, 0.6) is 0 Å². The van der Waals surface area contributed by atoms with E-state index in [0.717, 1.165) is 25.1 Å². The van der Waals surface area contributed by atoms with E-state index in [0.29, 0.717) is 17.9 Å². The molecule has 1 saturated heterocycles. The van der Waals surface area contributed by atoms with Crippen molar-refractivity contribution in [3.05, 3.63) is 35.4 Å². The minimum Gasteiger partial charge on any atom is -0.409 e. The Morgan fingerprint density at radius 3 is 2.76 bits per heavy atom. The minimum atomic E-state index is 0.0785. The van der Waals surface area contributed by atoms with E-state index in [1.54, 1.807) is 12.1 Å². The molecule has 5 heteroatoms. The Hall–Kier alpha value is -2.04. The molecule has 1 atom stereocenters. The maximum atomic E-state index is 12.3. The number of amides is 1. The van der Waals surface area contributed by atoms with Gasteiger partial charge in [0.25, 0.3) is 0 Å². The fourth-order valence-electron chi connectivity index (χ4n) is 2.84. The van der Waals surface area contributed by atoms with E-state index >= 15 is 0 Å². The summed E-state index contributed by atoms with van der Waals surface area (Å²) in [5, 5.41) is 11.6. The molecule has 114 valence electrons. The molecule has 0 aromatic heterocycles. The average Bonchev–Trinajstić information content (AvgIpc) is 2.96. The summed E-state index contributed by atoms with van der Waals surface area (Å²) in [6.45, 7) is 3.97. The van der Waals surface area contributed by atoms with Crippen molar-refractivity contribution in [3.63, 3.8) is 0 Å². The zero-order chi connectivity index (χ0) is 15.2. The normalized spacial score (nSPS) is 19.0. The summed E-state index contributed by atoms with van der Waals surface area (Å²) in [5.74, 6) is 0.932. The van der Waals surface area contributed by atoms with E-state index in [-0.39, 0.29) is 11.7 Å². The van der Waals surface area contributed by atoms with Gasteiger partial charge < -0.3 is 15.8 Å². The largest absolute Gasteiger partial charge is 0.409 e. The van der Waals surface area contributed by atoms with Crippen LogP contribution in [0.15, 0.2) is 29.4 Å². The topological polar surface area (TPSA) is 78.9 Å². The van der Waals surface area contributed by atoms with Crippen LogP contribution in [0.2, 0.25) is 0 Å². The molecule has 2 rings (SSSR count). The molecule has 1 fully saturated rings. The fourth-order valence-corrected chi connectivity index (χ4v) is 2.84. The molecule has 0 spiro atoms. The maximum Gasteiger partial charge on any atom is 0.226 e. The van der Waals surface area contributed by atoms with Gasteiger partial charge in [0.15, 0.2) is 5.84 Å². The Labute approximate surface area is 125 Å². The van der Waals surface area contributed by atoms with E-state index in [1.165, 1.54) is 12.8 Å². The molecule has 1 heterocycles. The van der Waals surface area contributed by atoms with Gasteiger partial charge in [-0.3, -0.25) is 4.79 Å². The van der Waals surface area contributed by atoms with Crippen molar-refractivity contribution in [3.8, 4) is 0 Å². The van der Waals surface area contributed by atoms with E-state index < -0.39 is 0 Å². The van der Waals surface area contributed by atoms with Crippen molar-refractivity contribution in [1.29, 1.82) is 0 Å². The number of amidine groups is 1. The first-order chi connectivity index (χ1) is 10.1. The highest BCUT2D eigenvalue weighted by atomic mass is 16.4. The van der Waals surface area contributed by atoms with Gasteiger partial charge in [0.2, 0.25) is 5.91 Å². The first-order valence-corrected chi connectivity index (χ1v) is 7.48. The molecule has 1 aromatic carbocycles. The third-order valence-electron chi connectivity index (χ3n) is 4.05. The summed E-state index contributed by atoms with van der Waals surface area (Å²) < 4.78 is 0. The number of hydrogen-bond donors (Lipinski definition) is 2. The van der Waals surface area contributed by atoms with Crippen molar-refractivity contribution in [2.24, 2.45) is 16.8 Å². The number of hydrogen-bond acceptors (Lipinski definition) is 3. The van der Waals surface area contributed by atoms with Crippen LogP contribution in [0.3, 0.4) is 0 Å². The number of nitrogens with two attached hydrogens (primary N) is 1. The summed E-state index contributed by atoms with van der Waals surface area (Å²) in [6, 6.07) is 7.23. The van der Waals surface area contributed by atoms with Gasteiger partial charge in [-0.05, 0) is 24.3 Å². The molecule has 1 aliphatic rings. The lowest BCUT2D eigenvalue weighted by Crippen LogP contribution is -2.30. The van der Waals surface area contributed by atoms with Crippen LogP contribution in [0.25, 0.3) is 0 Å². The van der Waals surface area contributed by atoms with Crippen molar-refractivity contribution in [2.45, 2.75) is 32.6 Å². The first-order valence-electron chi connectivity index (χ1n) is 7.48. The Kier molecular flexibility index (Phi) is 5.20. The van der Waals surface area contributed by atoms with Crippen LogP contribution in [0.1, 0.15) is 37.3 Å². The van der Waals surface area contributed by atoms with Crippen molar-refractivity contribution in [1.82, 2.24) is 4.90 Å². The number of oxime groups is 1. The third-order valence-corrected chi connectivity index (χ3v) is 4.05. The molecule has 0 saturated carbocycles. The van der Waals surface area contributed by atoms with E-state index in [9.17, 15) is 4.79 Å². The molecule has 1 unspecified atom stereocenters. The summed E-state index contributed by atoms with van der Waals surface area (Å²) in [5.41, 5.74) is 7.12. The highest BCUT2D eigenvalue weighted by Gasteiger charge is 2.25. The quantitative estimate of drug-likeness (QED) is 0.376. The van der Waals surface area contributed by atoms with Gasteiger partial charge >= 0.3 is 0 Å². The third kappa shape index (κ3) is 3.97. The summed E-state index contributed by atoms with van der Waals surface area (Å²) in [6.07, 6.45) is 3.93. The molecular formula is C16H23N3O2. The minimum absolute atomic E-state index is 0.0785. The van der Waals surface area contributed by atoms with Crippen molar-refractivity contribution in [2.75, 3.05) is 13.1 Å². The van der Waals surface area contributed by atoms with E-state index in [2.05, 4.69) is 12.1 Å². The highest BCUT2D eigenvalue weighted by Crippen LogP contribution is 2.21. The van der Waals surface area contributed by atoms with Crippen LogP contribution >= 0.6 is 0 Å². The first kappa shape index (κ1) is 15.4. The molecule has 1 amide bonds. The molecule has 1 aliphatic heterocycles. The zero-order valence-electron chi connectivity index (χ0n) is 12.5. The van der Waals surface area contributed by atoms with Gasteiger partial charge in [-0.2, -0.15) is 0 Å². The SMILES string of the molecule is CCCC1CCN(C(=O)Cc2ccc(/C(N)=N/O)cc2)C1. The molecule has 0 bridgehead atoms. The maximum absolute atomic E-state index is 12.3. The van der Waals surface area contributed by atoms with Crippen molar-refractivity contribution < 1.29 is 10.0 Å². The molecule has 0 radical (unpaired) electrons. The van der Waals surface area contributed by atoms with Crippen molar-refractivity contribution >= 4 is 11.7 Å². The Bertz CT molecular complexity index is 511. The van der Waals surface area contributed by atoms with E-state index in [1.807, 2.05) is 17.0 Å². The second kappa shape index (κ2) is 7.11. The van der Waals surface area contributed by atoms with Gasteiger partial charge in [0, 0.05) is 18.7 Å². The number of carbonyl (C=O) groups is 1. The van der Waals surface area contributed by atoms with Gasteiger partial charge in [0.1, 0.15) is 0 Å². The zero-order valence-corrected chi connectivity index (χ0v) is 12.5. The number of carbonyl (C=O) groups excluding carboxylic acids is 1. The molecule has 0 aliphatic carbocycles. The number of nitrogens with zero attached hydrogens (tertiary/aromatic N) is 2. The Morgan fingerprint density at radius 2 is 2.14 bits per heavy atom. The molecule has 21 heavy (non-hydrogen) atoms. The second-order valence-electron chi connectivity index (χ2n) is 5.64. The molecule has 1 aromatic rings. The molecule has 3 N–H and O–H groups in total. The van der Waals surface area contributed by atoms with Crippen LogP contribution in [0, 0.1) is 5.92 Å². The monoisotopic (exact) mass is 289 g/mol.